The van der Waals surface area contributed by atoms with Gasteiger partial charge in [0, 0.05) is 17.9 Å². The Balaban J connectivity index is 2.39. The van der Waals surface area contributed by atoms with E-state index in [9.17, 15) is 0 Å². The van der Waals surface area contributed by atoms with Crippen LogP contribution in [0.5, 0.6) is 0 Å². The van der Waals surface area contributed by atoms with E-state index in [1.165, 1.54) is 12.1 Å². The van der Waals surface area contributed by atoms with E-state index >= 15 is 0 Å². The van der Waals surface area contributed by atoms with Crippen LogP contribution in [0.25, 0.3) is 0 Å². The number of hydrogen-bond donors (Lipinski definition) is 1. The number of pyridine rings is 1. The Bertz CT molecular complexity index is 291. The van der Waals surface area contributed by atoms with Gasteiger partial charge in [-0.1, -0.05) is 33.8 Å². The van der Waals surface area contributed by atoms with Crippen LogP contribution in [-0.4, -0.2) is 17.6 Å². The minimum Gasteiger partial charge on any atom is -0.315 e. The Morgan fingerprint density at radius 1 is 1.31 bits per heavy atom. The van der Waals surface area contributed by atoms with Crippen molar-refractivity contribution in [2.75, 3.05) is 6.54 Å². The fraction of sp³-hybridized carbons (Fsp3) is 0.643. The molecule has 0 aliphatic rings. The largest absolute Gasteiger partial charge is 0.315 e. The van der Waals surface area contributed by atoms with Crippen molar-refractivity contribution in [3.05, 3.63) is 30.1 Å². The van der Waals surface area contributed by atoms with E-state index in [2.05, 4.69) is 50.1 Å². The van der Waals surface area contributed by atoms with Crippen molar-refractivity contribution < 1.29 is 0 Å². The van der Waals surface area contributed by atoms with Gasteiger partial charge in [0.25, 0.3) is 0 Å². The van der Waals surface area contributed by atoms with Crippen molar-refractivity contribution in [3.8, 4) is 0 Å². The van der Waals surface area contributed by atoms with Gasteiger partial charge in [-0.2, -0.15) is 0 Å². The van der Waals surface area contributed by atoms with Crippen molar-refractivity contribution in [1.29, 1.82) is 0 Å². The molecule has 90 valence electrons. The normalized spacial score (nSPS) is 12.1. The highest BCUT2D eigenvalue weighted by molar-refractivity contribution is 5.05. The lowest BCUT2D eigenvalue weighted by Gasteiger charge is -2.25. The minimum absolute atomic E-state index is 0.316. The molecule has 1 rings (SSSR count). The van der Waals surface area contributed by atoms with E-state index in [0.29, 0.717) is 11.5 Å². The quantitative estimate of drug-likeness (QED) is 0.797. The summed E-state index contributed by atoms with van der Waals surface area (Å²) in [6.45, 7) is 10.1. The van der Waals surface area contributed by atoms with Gasteiger partial charge in [0.05, 0.1) is 0 Å². The van der Waals surface area contributed by atoms with Gasteiger partial charge in [-0.3, -0.25) is 4.98 Å². The summed E-state index contributed by atoms with van der Waals surface area (Å²) in [7, 11) is 0. The average molecular weight is 220 g/mol. The van der Waals surface area contributed by atoms with Gasteiger partial charge in [-0.25, -0.2) is 0 Å². The summed E-state index contributed by atoms with van der Waals surface area (Å²) in [5, 5.41) is 3.47. The predicted molar refractivity (Wildman–Crippen MR) is 69.5 cm³/mol. The number of rotatable bonds is 6. The van der Waals surface area contributed by atoms with Crippen LogP contribution in [0.1, 0.15) is 39.8 Å². The second-order valence-electron chi connectivity index (χ2n) is 5.52. The lowest BCUT2D eigenvalue weighted by atomic mass is 9.84. The van der Waals surface area contributed by atoms with E-state index in [1.54, 1.807) is 0 Å². The molecule has 0 unspecified atom stereocenters. The summed E-state index contributed by atoms with van der Waals surface area (Å²) in [5.41, 5.74) is 1.51. The van der Waals surface area contributed by atoms with Crippen molar-refractivity contribution in [1.82, 2.24) is 10.3 Å². The molecular formula is C14H24N2. The second-order valence-corrected chi connectivity index (χ2v) is 5.52. The summed E-state index contributed by atoms with van der Waals surface area (Å²) >= 11 is 0. The molecule has 0 saturated heterocycles. The molecule has 0 bridgehead atoms. The molecule has 1 N–H and O–H groups in total. The molecule has 2 heteroatoms. The highest BCUT2D eigenvalue weighted by Gasteiger charge is 2.18. The van der Waals surface area contributed by atoms with Crippen LogP contribution in [0.4, 0.5) is 0 Å². The van der Waals surface area contributed by atoms with Gasteiger partial charge >= 0.3 is 0 Å². The third-order valence-corrected chi connectivity index (χ3v) is 2.74. The number of aromatic nitrogens is 1. The highest BCUT2D eigenvalue weighted by atomic mass is 14.9. The van der Waals surface area contributed by atoms with Crippen LogP contribution in [-0.2, 0) is 6.42 Å². The third-order valence-electron chi connectivity index (χ3n) is 2.74. The topological polar surface area (TPSA) is 24.9 Å². The first-order chi connectivity index (χ1) is 7.49. The van der Waals surface area contributed by atoms with Gasteiger partial charge in [0.15, 0.2) is 0 Å². The maximum absolute atomic E-state index is 4.39. The van der Waals surface area contributed by atoms with Crippen molar-refractivity contribution in [3.63, 3.8) is 0 Å². The van der Waals surface area contributed by atoms with E-state index in [-0.39, 0.29) is 0 Å². The monoisotopic (exact) mass is 220 g/mol. The SMILES string of the molecule is CC(C)NCCC(C)(C)Cc1ccccn1. The zero-order valence-corrected chi connectivity index (χ0v) is 11.0. The molecule has 1 aromatic rings. The molecule has 0 aliphatic carbocycles. The van der Waals surface area contributed by atoms with Crippen LogP contribution in [0.3, 0.4) is 0 Å². The number of nitrogens with one attached hydrogen (secondary N) is 1. The van der Waals surface area contributed by atoms with Crippen molar-refractivity contribution in [2.24, 2.45) is 5.41 Å². The molecule has 0 radical (unpaired) electrons. The molecule has 0 saturated carbocycles. The van der Waals surface area contributed by atoms with Gasteiger partial charge in [-0.15, -0.1) is 0 Å². The second kappa shape index (κ2) is 6.00. The first kappa shape index (κ1) is 13.2. The van der Waals surface area contributed by atoms with Crippen LogP contribution in [0.15, 0.2) is 24.4 Å². The van der Waals surface area contributed by atoms with Gasteiger partial charge in [-0.05, 0) is 36.9 Å². The van der Waals surface area contributed by atoms with Crippen molar-refractivity contribution >= 4 is 0 Å². The predicted octanol–water partition coefficient (Wildman–Crippen LogP) is 3.04. The molecule has 0 aromatic carbocycles. The Kier molecular flexibility index (Phi) is 4.94. The first-order valence-corrected chi connectivity index (χ1v) is 6.13. The molecule has 2 nitrogen and oxygen atoms in total. The molecule has 1 heterocycles. The smallest absolute Gasteiger partial charge is 0.0408 e. The summed E-state index contributed by atoms with van der Waals surface area (Å²) in [4.78, 5) is 4.39. The summed E-state index contributed by atoms with van der Waals surface area (Å²) in [5.74, 6) is 0. The molecule has 0 atom stereocenters. The van der Waals surface area contributed by atoms with E-state index in [0.717, 1.165) is 13.0 Å². The maximum atomic E-state index is 4.39. The Morgan fingerprint density at radius 3 is 2.62 bits per heavy atom. The lowest BCUT2D eigenvalue weighted by Crippen LogP contribution is -2.28. The molecule has 1 aromatic heterocycles. The Labute approximate surface area is 99.5 Å². The molecule has 0 fully saturated rings. The average Bonchev–Trinajstić information content (AvgIpc) is 2.17. The van der Waals surface area contributed by atoms with Crippen molar-refractivity contribution in [2.45, 2.75) is 46.6 Å². The number of hydrogen-bond acceptors (Lipinski definition) is 2. The van der Waals surface area contributed by atoms with Crippen LogP contribution < -0.4 is 5.32 Å². The summed E-state index contributed by atoms with van der Waals surface area (Å²) < 4.78 is 0. The maximum Gasteiger partial charge on any atom is 0.0408 e. The van der Waals surface area contributed by atoms with E-state index in [4.69, 9.17) is 0 Å². The summed E-state index contributed by atoms with van der Waals surface area (Å²) in [6, 6.07) is 6.71. The van der Waals surface area contributed by atoms with Gasteiger partial charge in [0.1, 0.15) is 0 Å². The lowest BCUT2D eigenvalue weighted by molar-refractivity contribution is 0.317. The Hall–Kier alpha value is -0.890. The van der Waals surface area contributed by atoms with E-state index in [1.807, 2.05) is 12.3 Å². The third kappa shape index (κ3) is 5.26. The molecular weight excluding hydrogens is 196 g/mol. The molecule has 0 amide bonds. The van der Waals surface area contributed by atoms with Crippen LogP contribution in [0, 0.1) is 5.41 Å². The minimum atomic E-state index is 0.316. The van der Waals surface area contributed by atoms with E-state index < -0.39 is 0 Å². The zero-order chi connectivity index (χ0) is 12.0. The van der Waals surface area contributed by atoms with Gasteiger partial charge in [0.2, 0.25) is 0 Å². The summed E-state index contributed by atoms with van der Waals surface area (Å²) in [6.07, 6.45) is 4.10. The van der Waals surface area contributed by atoms with Crippen LogP contribution >= 0.6 is 0 Å². The first-order valence-electron chi connectivity index (χ1n) is 6.13. The molecule has 0 aliphatic heterocycles. The zero-order valence-electron chi connectivity index (χ0n) is 11.0. The molecule has 16 heavy (non-hydrogen) atoms. The fourth-order valence-corrected chi connectivity index (χ4v) is 1.78. The fourth-order valence-electron chi connectivity index (χ4n) is 1.78. The van der Waals surface area contributed by atoms with Gasteiger partial charge < -0.3 is 5.32 Å². The standard InChI is InChI=1S/C14H24N2/c1-12(2)15-10-8-14(3,4)11-13-7-5-6-9-16-13/h5-7,9,12,15H,8,10-11H2,1-4H3. The molecule has 0 spiro atoms. The number of nitrogens with zero attached hydrogens (tertiary/aromatic N) is 1. The highest BCUT2D eigenvalue weighted by Crippen LogP contribution is 2.24. The van der Waals surface area contributed by atoms with Crippen LogP contribution in [0.2, 0.25) is 0 Å². The Morgan fingerprint density at radius 2 is 2.06 bits per heavy atom.